The van der Waals surface area contributed by atoms with Gasteiger partial charge in [0.15, 0.2) is 18.2 Å². The molecule has 0 bridgehead atoms. The molecule has 0 saturated carbocycles. The standard InChI is InChI=1S/C19H18N4O3/c1-12(24)15-4-3-5-17(10-15)26-11-18(25)21-16-8-6-14(7-9-16)19-20-13(2)22-23-19/h3-10H,11H2,1-2H3,(H,21,25)(H,20,22,23). The normalized spacial score (nSPS) is 10.4. The number of ketones is 1. The maximum Gasteiger partial charge on any atom is 0.262 e. The van der Waals surface area contributed by atoms with E-state index in [2.05, 4.69) is 20.5 Å². The molecule has 2 aromatic carbocycles. The lowest BCUT2D eigenvalue weighted by molar-refractivity contribution is -0.118. The Morgan fingerprint density at radius 2 is 1.92 bits per heavy atom. The maximum atomic E-state index is 12.0. The van der Waals surface area contributed by atoms with Gasteiger partial charge in [0.25, 0.3) is 5.91 Å². The van der Waals surface area contributed by atoms with E-state index in [1.165, 1.54) is 6.92 Å². The Morgan fingerprint density at radius 1 is 1.15 bits per heavy atom. The average Bonchev–Trinajstić information content (AvgIpc) is 3.07. The van der Waals surface area contributed by atoms with E-state index in [9.17, 15) is 9.59 Å². The first-order valence-corrected chi connectivity index (χ1v) is 8.04. The van der Waals surface area contributed by atoms with Crippen LogP contribution in [-0.2, 0) is 4.79 Å². The van der Waals surface area contributed by atoms with Crippen molar-refractivity contribution in [3.05, 3.63) is 59.9 Å². The van der Waals surface area contributed by atoms with E-state index < -0.39 is 0 Å². The second kappa shape index (κ2) is 7.60. The highest BCUT2D eigenvalue weighted by molar-refractivity contribution is 5.94. The minimum absolute atomic E-state index is 0.0541. The summed E-state index contributed by atoms with van der Waals surface area (Å²) < 4.78 is 5.44. The number of Topliss-reactive ketones (excluding diaryl/α,β-unsaturated/α-hetero) is 1. The van der Waals surface area contributed by atoms with Crippen LogP contribution < -0.4 is 10.1 Å². The number of amides is 1. The first-order valence-electron chi connectivity index (χ1n) is 8.04. The van der Waals surface area contributed by atoms with Crippen molar-refractivity contribution in [2.75, 3.05) is 11.9 Å². The molecule has 0 aliphatic carbocycles. The van der Waals surface area contributed by atoms with Crippen molar-refractivity contribution in [2.24, 2.45) is 0 Å². The van der Waals surface area contributed by atoms with Crippen LogP contribution in [0, 0.1) is 6.92 Å². The lowest BCUT2D eigenvalue weighted by Gasteiger charge is -2.08. The van der Waals surface area contributed by atoms with Crippen molar-refractivity contribution < 1.29 is 14.3 Å². The third-order valence-corrected chi connectivity index (χ3v) is 3.63. The van der Waals surface area contributed by atoms with Crippen molar-refractivity contribution in [3.8, 4) is 17.1 Å². The molecule has 1 heterocycles. The number of aryl methyl sites for hydroxylation is 1. The summed E-state index contributed by atoms with van der Waals surface area (Å²) in [6, 6.07) is 13.9. The Balaban J connectivity index is 1.56. The first kappa shape index (κ1) is 17.3. The summed E-state index contributed by atoms with van der Waals surface area (Å²) in [4.78, 5) is 27.6. The molecule has 0 fully saturated rings. The van der Waals surface area contributed by atoms with Gasteiger partial charge in [-0.3, -0.25) is 14.7 Å². The quantitative estimate of drug-likeness (QED) is 0.666. The number of benzene rings is 2. The molecule has 1 aromatic heterocycles. The lowest BCUT2D eigenvalue weighted by Crippen LogP contribution is -2.20. The number of hydrogen-bond acceptors (Lipinski definition) is 5. The molecule has 3 rings (SSSR count). The fourth-order valence-electron chi connectivity index (χ4n) is 2.33. The van der Waals surface area contributed by atoms with Crippen LogP contribution in [0.15, 0.2) is 48.5 Å². The van der Waals surface area contributed by atoms with E-state index in [-0.39, 0.29) is 18.3 Å². The molecule has 0 aliphatic rings. The maximum absolute atomic E-state index is 12.0. The Bertz CT molecular complexity index is 932. The molecule has 0 unspecified atom stereocenters. The van der Waals surface area contributed by atoms with Gasteiger partial charge in [-0.2, -0.15) is 5.10 Å². The predicted octanol–water partition coefficient (Wildman–Crippen LogP) is 3.00. The van der Waals surface area contributed by atoms with Crippen LogP contribution in [0.3, 0.4) is 0 Å². The van der Waals surface area contributed by atoms with Gasteiger partial charge in [0, 0.05) is 16.8 Å². The molecule has 0 spiro atoms. The molecular weight excluding hydrogens is 332 g/mol. The number of ether oxygens (including phenoxy) is 1. The lowest BCUT2D eigenvalue weighted by atomic mass is 10.1. The topological polar surface area (TPSA) is 97.0 Å². The van der Waals surface area contributed by atoms with Crippen LogP contribution in [-0.4, -0.2) is 33.5 Å². The number of hydrogen-bond donors (Lipinski definition) is 2. The van der Waals surface area contributed by atoms with Crippen LogP contribution in [0.1, 0.15) is 23.1 Å². The number of aromatic amines is 1. The van der Waals surface area contributed by atoms with E-state index in [0.29, 0.717) is 22.8 Å². The third kappa shape index (κ3) is 4.32. The van der Waals surface area contributed by atoms with Crippen molar-refractivity contribution in [2.45, 2.75) is 13.8 Å². The molecule has 0 atom stereocenters. The number of aromatic nitrogens is 3. The summed E-state index contributed by atoms with van der Waals surface area (Å²) in [5.41, 5.74) is 2.04. The summed E-state index contributed by atoms with van der Waals surface area (Å²) in [5.74, 6) is 1.47. The van der Waals surface area contributed by atoms with Crippen molar-refractivity contribution >= 4 is 17.4 Å². The van der Waals surface area contributed by atoms with Crippen LogP contribution in [0.25, 0.3) is 11.4 Å². The molecule has 3 aromatic rings. The number of carbonyl (C=O) groups excluding carboxylic acids is 2. The fourth-order valence-corrected chi connectivity index (χ4v) is 2.33. The zero-order chi connectivity index (χ0) is 18.5. The van der Waals surface area contributed by atoms with E-state index in [4.69, 9.17) is 4.74 Å². The second-order valence-corrected chi connectivity index (χ2v) is 5.74. The molecule has 1 amide bonds. The molecule has 132 valence electrons. The molecule has 0 radical (unpaired) electrons. The minimum atomic E-state index is -0.292. The zero-order valence-corrected chi connectivity index (χ0v) is 14.4. The summed E-state index contributed by atoms with van der Waals surface area (Å²) >= 11 is 0. The van der Waals surface area contributed by atoms with E-state index in [0.717, 1.165) is 11.4 Å². The molecule has 0 aliphatic heterocycles. The number of carbonyl (C=O) groups is 2. The minimum Gasteiger partial charge on any atom is -0.484 e. The summed E-state index contributed by atoms with van der Waals surface area (Å²) in [6.07, 6.45) is 0. The van der Waals surface area contributed by atoms with Gasteiger partial charge in [0.1, 0.15) is 11.6 Å². The number of nitrogens with one attached hydrogen (secondary N) is 2. The molecule has 26 heavy (non-hydrogen) atoms. The monoisotopic (exact) mass is 350 g/mol. The van der Waals surface area contributed by atoms with Crippen molar-refractivity contribution in [3.63, 3.8) is 0 Å². The van der Waals surface area contributed by atoms with Crippen LogP contribution in [0.2, 0.25) is 0 Å². The molecule has 7 heteroatoms. The van der Waals surface area contributed by atoms with Crippen LogP contribution in [0.4, 0.5) is 5.69 Å². The van der Waals surface area contributed by atoms with Gasteiger partial charge in [-0.25, -0.2) is 4.98 Å². The molecule has 2 N–H and O–H groups in total. The number of H-pyrrole nitrogens is 1. The fraction of sp³-hybridized carbons (Fsp3) is 0.158. The number of anilines is 1. The smallest absolute Gasteiger partial charge is 0.262 e. The Kier molecular flexibility index (Phi) is 5.07. The summed E-state index contributed by atoms with van der Waals surface area (Å²) in [7, 11) is 0. The first-order chi connectivity index (χ1) is 12.5. The third-order valence-electron chi connectivity index (χ3n) is 3.63. The van der Waals surface area contributed by atoms with Crippen LogP contribution >= 0.6 is 0 Å². The summed E-state index contributed by atoms with van der Waals surface area (Å²) in [5, 5.41) is 9.63. The van der Waals surface area contributed by atoms with Gasteiger partial charge in [0.05, 0.1) is 0 Å². The highest BCUT2D eigenvalue weighted by atomic mass is 16.5. The van der Waals surface area contributed by atoms with Gasteiger partial charge in [-0.1, -0.05) is 12.1 Å². The SMILES string of the molecule is CC(=O)c1cccc(OCC(=O)Nc2ccc(-c3n[nH]c(C)n3)cc2)c1. The predicted molar refractivity (Wildman–Crippen MR) is 97.1 cm³/mol. The van der Waals surface area contributed by atoms with Crippen molar-refractivity contribution in [1.29, 1.82) is 0 Å². The van der Waals surface area contributed by atoms with Gasteiger partial charge < -0.3 is 10.1 Å². The highest BCUT2D eigenvalue weighted by Gasteiger charge is 2.07. The zero-order valence-electron chi connectivity index (χ0n) is 14.4. The molecule has 0 saturated heterocycles. The van der Waals surface area contributed by atoms with E-state index >= 15 is 0 Å². The average molecular weight is 350 g/mol. The second-order valence-electron chi connectivity index (χ2n) is 5.74. The van der Waals surface area contributed by atoms with Crippen LogP contribution in [0.5, 0.6) is 5.75 Å². The van der Waals surface area contributed by atoms with Gasteiger partial charge in [0.2, 0.25) is 0 Å². The molecular formula is C19H18N4O3. The molecule has 7 nitrogen and oxygen atoms in total. The van der Waals surface area contributed by atoms with E-state index in [1.807, 2.05) is 19.1 Å². The Morgan fingerprint density at radius 3 is 2.58 bits per heavy atom. The van der Waals surface area contributed by atoms with Gasteiger partial charge in [-0.05, 0) is 50.2 Å². The van der Waals surface area contributed by atoms with Gasteiger partial charge in [-0.15, -0.1) is 0 Å². The highest BCUT2D eigenvalue weighted by Crippen LogP contribution is 2.18. The summed E-state index contributed by atoms with van der Waals surface area (Å²) in [6.45, 7) is 3.16. The number of nitrogens with zero attached hydrogens (tertiary/aromatic N) is 2. The van der Waals surface area contributed by atoms with Crippen molar-refractivity contribution in [1.82, 2.24) is 15.2 Å². The Hall–Kier alpha value is -3.48. The van der Waals surface area contributed by atoms with Gasteiger partial charge >= 0.3 is 0 Å². The van der Waals surface area contributed by atoms with E-state index in [1.54, 1.807) is 36.4 Å². The largest absolute Gasteiger partial charge is 0.484 e. The Labute approximate surface area is 150 Å². The number of rotatable bonds is 6.